The van der Waals surface area contributed by atoms with Crippen LogP contribution in [0.1, 0.15) is 16.0 Å². The Hall–Kier alpha value is -0.660. The summed E-state index contributed by atoms with van der Waals surface area (Å²) in [5.74, 6) is 0.592. The SMILES string of the molecule is Cc1ccc2[s+]c(C)cc(CCl)c2c1. The molecule has 1 aromatic heterocycles. The van der Waals surface area contributed by atoms with E-state index in [0.717, 1.165) is 0 Å². The van der Waals surface area contributed by atoms with E-state index < -0.39 is 0 Å². The molecule has 0 atom stereocenters. The number of halogens is 1. The second-order valence-electron chi connectivity index (χ2n) is 3.52. The highest BCUT2D eigenvalue weighted by Crippen LogP contribution is 2.27. The Balaban J connectivity index is 2.81. The van der Waals surface area contributed by atoms with Crippen molar-refractivity contribution in [1.29, 1.82) is 0 Å². The number of aryl methyl sites for hydroxylation is 2. The highest BCUT2D eigenvalue weighted by molar-refractivity contribution is 7.18. The van der Waals surface area contributed by atoms with E-state index in [0.29, 0.717) is 5.88 Å². The van der Waals surface area contributed by atoms with Crippen LogP contribution in [-0.4, -0.2) is 0 Å². The highest BCUT2D eigenvalue weighted by Gasteiger charge is 2.11. The van der Waals surface area contributed by atoms with Gasteiger partial charge in [-0.15, -0.1) is 11.6 Å². The molecule has 2 heteroatoms. The van der Waals surface area contributed by atoms with Crippen LogP contribution in [0.2, 0.25) is 0 Å². The Labute approximate surface area is 93.2 Å². The predicted octanol–water partition coefficient (Wildman–Crippen LogP) is 4.54. The summed E-state index contributed by atoms with van der Waals surface area (Å²) in [7, 11) is 0. The highest BCUT2D eigenvalue weighted by atomic mass is 35.5. The van der Waals surface area contributed by atoms with Crippen LogP contribution in [0.15, 0.2) is 24.3 Å². The molecule has 14 heavy (non-hydrogen) atoms. The maximum Gasteiger partial charge on any atom is 0.238 e. The van der Waals surface area contributed by atoms with Crippen LogP contribution in [0, 0.1) is 13.8 Å². The van der Waals surface area contributed by atoms with E-state index in [-0.39, 0.29) is 0 Å². The molecule has 0 saturated carbocycles. The van der Waals surface area contributed by atoms with Crippen LogP contribution in [0.5, 0.6) is 0 Å². The first-order valence-electron chi connectivity index (χ1n) is 4.59. The molecule has 2 rings (SSSR count). The number of fused-ring (bicyclic) bond motifs is 1. The molecule has 1 aromatic carbocycles. The Bertz CT molecular complexity index is 477. The third kappa shape index (κ3) is 1.75. The Morgan fingerprint density at radius 2 is 2.00 bits per heavy atom. The largest absolute Gasteiger partial charge is 0.238 e. The first-order valence-corrected chi connectivity index (χ1v) is 5.95. The van der Waals surface area contributed by atoms with Crippen molar-refractivity contribution in [3.05, 3.63) is 40.3 Å². The lowest BCUT2D eigenvalue weighted by atomic mass is 10.1. The molecule has 0 aliphatic heterocycles. The average Bonchev–Trinajstić information content (AvgIpc) is 2.17. The zero-order chi connectivity index (χ0) is 10.1. The summed E-state index contributed by atoms with van der Waals surface area (Å²) in [4.78, 5) is 1.32. The summed E-state index contributed by atoms with van der Waals surface area (Å²) in [6.45, 7) is 4.24. The summed E-state index contributed by atoms with van der Waals surface area (Å²) in [5.41, 5.74) is 2.53. The van der Waals surface area contributed by atoms with Crippen LogP contribution in [0.4, 0.5) is 0 Å². The fourth-order valence-corrected chi connectivity index (χ4v) is 2.83. The van der Waals surface area contributed by atoms with E-state index >= 15 is 0 Å². The van der Waals surface area contributed by atoms with Gasteiger partial charge >= 0.3 is 0 Å². The molecule has 1 heterocycles. The topological polar surface area (TPSA) is 0 Å². The molecule has 0 aliphatic rings. The zero-order valence-electron chi connectivity index (χ0n) is 8.30. The Kier molecular flexibility index (Phi) is 2.71. The van der Waals surface area contributed by atoms with Gasteiger partial charge in [0.25, 0.3) is 0 Å². The first-order chi connectivity index (χ1) is 6.70. The molecule has 0 saturated heterocycles. The monoisotopic (exact) mass is 223 g/mol. The van der Waals surface area contributed by atoms with Gasteiger partial charge in [-0.2, -0.15) is 0 Å². The maximum atomic E-state index is 5.93. The third-order valence-corrected chi connectivity index (χ3v) is 3.58. The molecule has 0 bridgehead atoms. The third-order valence-electron chi connectivity index (χ3n) is 2.27. The van der Waals surface area contributed by atoms with Crippen molar-refractivity contribution in [1.82, 2.24) is 0 Å². The van der Waals surface area contributed by atoms with Crippen molar-refractivity contribution in [3.63, 3.8) is 0 Å². The van der Waals surface area contributed by atoms with Gasteiger partial charge in [0.15, 0.2) is 0 Å². The number of hydrogen-bond acceptors (Lipinski definition) is 0. The van der Waals surface area contributed by atoms with Crippen molar-refractivity contribution >= 4 is 33.0 Å². The van der Waals surface area contributed by atoms with Gasteiger partial charge in [-0.3, -0.25) is 0 Å². The average molecular weight is 224 g/mol. The van der Waals surface area contributed by atoms with E-state index in [4.69, 9.17) is 11.6 Å². The Morgan fingerprint density at radius 1 is 1.21 bits per heavy atom. The minimum Gasteiger partial charge on any atom is -0.122 e. The van der Waals surface area contributed by atoms with E-state index in [1.807, 2.05) is 11.3 Å². The van der Waals surface area contributed by atoms with Crippen LogP contribution in [0.3, 0.4) is 0 Å². The van der Waals surface area contributed by atoms with Gasteiger partial charge in [0, 0.05) is 30.3 Å². The predicted molar refractivity (Wildman–Crippen MR) is 65.3 cm³/mol. The number of rotatable bonds is 1. The summed E-state index contributed by atoms with van der Waals surface area (Å²) >= 11 is 7.76. The molecule has 0 fully saturated rings. The standard InChI is InChI=1S/C12H12ClS/c1-8-3-4-12-11(5-8)10(7-13)6-9(2)14-12/h3-6H,7H2,1-2H3/q+1. The van der Waals surface area contributed by atoms with E-state index in [9.17, 15) is 0 Å². The van der Waals surface area contributed by atoms with E-state index in [1.54, 1.807) is 0 Å². The van der Waals surface area contributed by atoms with Crippen molar-refractivity contribution in [2.24, 2.45) is 0 Å². The summed E-state index contributed by atoms with van der Waals surface area (Å²) in [6, 6.07) is 8.72. The van der Waals surface area contributed by atoms with Crippen LogP contribution in [-0.2, 0) is 5.88 Å². The fraction of sp³-hybridized carbons (Fsp3) is 0.250. The summed E-state index contributed by atoms with van der Waals surface area (Å²) in [6.07, 6.45) is 0. The molecule has 0 nitrogen and oxygen atoms in total. The van der Waals surface area contributed by atoms with Crippen molar-refractivity contribution in [3.8, 4) is 0 Å². The zero-order valence-corrected chi connectivity index (χ0v) is 9.88. The normalized spacial score (nSPS) is 10.8. The lowest BCUT2D eigenvalue weighted by Gasteiger charge is -1.98. The Morgan fingerprint density at radius 3 is 2.71 bits per heavy atom. The number of alkyl halides is 1. The lowest BCUT2D eigenvalue weighted by Crippen LogP contribution is -1.83. The van der Waals surface area contributed by atoms with Crippen LogP contribution in [0.25, 0.3) is 10.1 Å². The van der Waals surface area contributed by atoms with Crippen molar-refractivity contribution in [2.45, 2.75) is 19.7 Å². The molecule has 0 aliphatic carbocycles. The molecular formula is C12H12ClS+. The number of benzene rings is 1. The molecule has 0 N–H and O–H groups in total. The fourth-order valence-electron chi connectivity index (χ4n) is 1.62. The van der Waals surface area contributed by atoms with Gasteiger partial charge in [-0.1, -0.05) is 11.6 Å². The van der Waals surface area contributed by atoms with Crippen molar-refractivity contribution in [2.75, 3.05) is 0 Å². The smallest absolute Gasteiger partial charge is 0.122 e. The van der Waals surface area contributed by atoms with Gasteiger partial charge in [0.1, 0.15) is 0 Å². The van der Waals surface area contributed by atoms with Crippen LogP contribution >= 0.6 is 22.9 Å². The van der Waals surface area contributed by atoms with Gasteiger partial charge < -0.3 is 0 Å². The quantitative estimate of drug-likeness (QED) is 0.492. The van der Waals surface area contributed by atoms with E-state index in [1.165, 1.54) is 26.1 Å². The molecule has 0 radical (unpaired) electrons. The molecule has 0 unspecified atom stereocenters. The second kappa shape index (κ2) is 3.84. The van der Waals surface area contributed by atoms with Gasteiger partial charge in [0.2, 0.25) is 20.9 Å². The molecule has 2 aromatic rings. The van der Waals surface area contributed by atoms with E-state index in [2.05, 4.69) is 38.1 Å². The molecule has 72 valence electrons. The minimum atomic E-state index is 0.592. The summed E-state index contributed by atoms with van der Waals surface area (Å²) < 4.78 is 1.33. The first kappa shape index (κ1) is 9.88. The van der Waals surface area contributed by atoms with Gasteiger partial charge in [-0.25, -0.2) is 0 Å². The second-order valence-corrected chi connectivity index (χ2v) is 5.07. The molecule has 0 amide bonds. The van der Waals surface area contributed by atoms with Crippen molar-refractivity contribution < 1.29 is 0 Å². The van der Waals surface area contributed by atoms with Gasteiger partial charge in [0.05, 0.1) is 0 Å². The molecule has 0 spiro atoms. The van der Waals surface area contributed by atoms with Gasteiger partial charge in [-0.05, 0) is 18.6 Å². The number of hydrogen-bond donors (Lipinski definition) is 0. The van der Waals surface area contributed by atoms with Crippen LogP contribution < -0.4 is 0 Å². The minimum absolute atomic E-state index is 0.592. The lowest BCUT2D eigenvalue weighted by molar-refractivity contribution is 1.42. The maximum absolute atomic E-state index is 5.93. The molecular weight excluding hydrogens is 212 g/mol. The summed E-state index contributed by atoms with van der Waals surface area (Å²) in [5, 5.41) is 1.30.